The first kappa shape index (κ1) is 14.7. The Kier molecular flexibility index (Phi) is 3.70. The molecule has 1 aromatic carbocycles. The van der Waals surface area contributed by atoms with Gasteiger partial charge in [-0.25, -0.2) is 4.68 Å². The number of nitrogens with two attached hydrogens (primary N) is 1. The second-order valence-electron chi connectivity index (χ2n) is 6.08. The standard InChI is InChI=1S/C16H20N4O2/c1-10(2)16-15-13(17)4-3-5-14(15)19(18-16)11-6-8-12(9-7-11)20(21)22/h6-10,13H,3-5,17H2,1-2H3. The molecule has 6 heteroatoms. The van der Waals surface area contributed by atoms with Gasteiger partial charge in [-0.2, -0.15) is 5.10 Å². The second kappa shape index (κ2) is 5.53. The Morgan fingerprint density at radius 3 is 2.64 bits per heavy atom. The van der Waals surface area contributed by atoms with Crippen LogP contribution < -0.4 is 5.73 Å². The lowest BCUT2D eigenvalue weighted by molar-refractivity contribution is -0.384. The van der Waals surface area contributed by atoms with Gasteiger partial charge < -0.3 is 5.73 Å². The predicted molar refractivity (Wildman–Crippen MR) is 84.2 cm³/mol. The number of nitro groups is 1. The van der Waals surface area contributed by atoms with Gasteiger partial charge in [-0.1, -0.05) is 13.8 Å². The first-order chi connectivity index (χ1) is 10.5. The van der Waals surface area contributed by atoms with Crippen LogP contribution in [0.2, 0.25) is 0 Å². The molecule has 1 atom stereocenters. The van der Waals surface area contributed by atoms with Crippen molar-refractivity contribution in [3.05, 3.63) is 51.3 Å². The molecule has 2 aromatic rings. The van der Waals surface area contributed by atoms with Crippen LogP contribution in [0.15, 0.2) is 24.3 Å². The molecule has 1 aliphatic carbocycles. The normalized spacial score (nSPS) is 17.5. The van der Waals surface area contributed by atoms with E-state index in [2.05, 4.69) is 13.8 Å². The minimum Gasteiger partial charge on any atom is -0.324 e. The molecule has 0 aliphatic heterocycles. The summed E-state index contributed by atoms with van der Waals surface area (Å²) in [7, 11) is 0. The highest BCUT2D eigenvalue weighted by Gasteiger charge is 2.28. The van der Waals surface area contributed by atoms with Crippen LogP contribution in [0.4, 0.5) is 5.69 Å². The van der Waals surface area contributed by atoms with Gasteiger partial charge in [0.2, 0.25) is 0 Å². The SMILES string of the molecule is CC(C)c1nn(-c2ccc([N+](=O)[O-])cc2)c2c1C(N)CCC2. The molecule has 0 saturated carbocycles. The van der Waals surface area contributed by atoms with Crippen LogP contribution in [0, 0.1) is 10.1 Å². The van der Waals surface area contributed by atoms with Gasteiger partial charge in [-0.3, -0.25) is 10.1 Å². The highest BCUT2D eigenvalue weighted by molar-refractivity contribution is 5.45. The van der Waals surface area contributed by atoms with Gasteiger partial charge in [-0.15, -0.1) is 0 Å². The molecule has 1 unspecified atom stereocenters. The Balaban J connectivity index is 2.11. The number of rotatable bonds is 3. The fourth-order valence-electron chi connectivity index (χ4n) is 3.12. The molecule has 0 fully saturated rings. The van der Waals surface area contributed by atoms with E-state index in [1.54, 1.807) is 12.1 Å². The van der Waals surface area contributed by atoms with Crippen molar-refractivity contribution in [2.75, 3.05) is 0 Å². The highest BCUT2D eigenvalue weighted by atomic mass is 16.6. The third-order valence-corrected chi connectivity index (χ3v) is 4.20. The van der Waals surface area contributed by atoms with E-state index in [0.29, 0.717) is 5.92 Å². The van der Waals surface area contributed by atoms with Crippen molar-refractivity contribution >= 4 is 5.69 Å². The van der Waals surface area contributed by atoms with Crippen molar-refractivity contribution in [3.8, 4) is 5.69 Å². The van der Waals surface area contributed by atoms with Gasteiger partial charge in [0.1, 0.15) is 0 Å². The summed E-state index contributed by atoms with van der Waals surface area (Å²) in [5.74, 6) is 0.303. The van der Waals surface area contributed by atoms with E-state index in [-0.39, 0.29) is 11.7 Å². The zero-order chi connectivity index (χ0) is 15.9. The van der Waals surface area contributed by atoms with Crippen molar-refractivity contribution in [3.63, 3.8) is 0 Å². The second-order valence-corrected chi connectivity index (χ2v) is 6.08. The molecule has 1 heterocycles. The average molecular weight is 300 g/mol. The maximum absolute atomic E-state index is 10.8. The fraction of sp³-hybridized carbons (Fsp3) is 0.438. The van der Waals surface area contributed by atoms with Crippen molar-refractivity contribution in [1.82, 2.24) is 9.78 Å². The fourth-order valence-corrected chi connectivity index (χ4v) is 3.12. The number of nitro benzene ring substituents is 1. The van der Waals surface area contributed by atoms with Gasteiger partial charge in [0.15, 0.2) is 0 Å². The summed E-state index contributed by atoms with van der Waals surface area (Å²) in [6, 6.07) is 6.56. The summed E-state index contributed by atoms with van der Waals surface area (Å²) < 4.78 is 1.91. The van der Waals surface area contributed by atoms with Crippen molar-refractivity contribution in [2.24, 2.45) is 5.73 Å². The van der Waals surface area contributed by atoms with E-state index in [9.17, 15) is 10.1 Å². The Hall–Kier alpha value is -2.21. The molecule has 116 valence electrons. The minimum atomic E-state index is -0.391. The smallest absolute Gasteiger partial charge is 0.269 e. The van der Waals surface area contributed by atoms with E-state index in [1.165, 1.54) is 17.7 Å². The van der Waals surface area contributed by atoms with Crippen LogP contribution in [0.1, 0.15) is 55.6 Å². The molecular formula is C16H20N4O2. The highest BCUT2D eigenvalue weighted by Crippen LogP contribution is 2.35. The predicted octanol–water partition coefficient (Wildman–Crippen LogP) is 3.24. The molecule has 2 N–H and O–H groups in total. The molecule has 0 saturated heterocycles. The largest absolute Gasteiger partial charge is 0.324 e. The third-order valence-electron chi connectivity index (χ3n) is 4.20. The van der Waals surface area contributed by atoms with E-state index in [0.717, 1.165) is 36.3 Å². The maximum Gasteiger partial charge on any atom is 0.269 e. The summed E-state index contributed by atoms with van der Waals surface area (Å²) in [6.07, 6.45) is 2.97. The lowest BCUT2D eigenvalue weighted by Gasteiger charge is -2.21. The molecule has 0 radical (unpaired) electrons. The summed E-state index contributed by atoms with van der Waals surface area (Å²) >= 11 is 0. The molecule has 0 bridgehead atoms. The van der Waals surface area contributed by atoms with Crippen molar-refractivity contribution in [1.29, 1.82) is 0 Å². The average Bonchev–Trinajstić information content (AvgIpc) is 2.88. The lowest BCUT2D eigenvalue weighted by atomic mass is 9.89. The van der Waals surface area contributed by atoms with Crippen LogP contribution in [-0.2, 0) is 6.42 Å². The van der Waals surface area contributed by atoms with E-state index < -0.39 is 4.92 Å². The zero-order valence-corrected chi connectivity index (χ0v) is 12.8. The number of hydrogen-bond acceptors (Lipinski definition) is 4. The summed E-state index contributed by atoms with van der Waals surface area (Å²) in [6.45, 7) is 4.23. The topological polar surface area (TPSA) is 87.0 Å². The monoisotopic (exact) mass is 300 g/mol. The van der Waals surface area contributed by atoms with Gasteiger partial charge in [0.25, 0.3) is 5.69 Å². The number of nitrogens with zero attached hydrogens (tertiary/aromatic N) is 3. The first-order valence-corrected chi connectivity index (χ1v) is 7.61. The Labute approximate surface area is 129 Å². The van der Waals surface area contributed by atoms with Gasteiger partial charge >= 0.3 is 0 Å². The Morgan fingerprint density at radius 2 is 2.05 bits per heavy atom. The van der Waals surface area contributed by atoms with Gasteiger partial charge in [0, 0.05) is 29.4 Å². The lowest BCUT2D eigenvalue weighted by Crippen LogP contribution is -2.19. The van der Waals surface area contributed by atoms with Gasteiger partial charge in [0.05, 0.1) is 16.3 Å². The third kappa shape index (κ3) is 2.39. The number of hydrogen-bond donors (Lipinski definition) is 1. The van der Waals surface area contributed by atoms with Crippen molar-refractivity contribution in [2.45, 2.75) is 45.1 Å². The molecule has 1 aliphatic rings. The molecule has 22 heavy (non-hydrogen) atoms. The van der Waals surface area contributed by atoms with Gasteiger partial charge in [-0.05, 0) is 37.3 Å². The summed E-state index contributed by atoms with van der Waals surface area (Å²) in [4.78, 5) is 10.4. The van der Waals surface area contributed by atoms with E-state index in [4.69, 9.17) is 10.8 Å². The molecule has 6 nitrogen and oxygen atoms in total. The van der Waals surface area contributed by atoms with Crippen LogP contribution >= 0.6 is 0 Å². The summed E-state index contributed by atoms with van der Waals surface area (Å²) in [5, 5.41) is 15.5. The Bertz CT molecular complexity index is 704. The molecule has 0 amide bonds. The van der Waals surface area contributed by atoms with E-state index >= 15 is 0 Å². The van der Waals surface area contributed by atoms with Crippen molar-refractivity contribution < 1.29 is 4.92 Å². The Morgan fingerprint density at radius 1 is 1.36 bits per heavy atom. The molecule has 3 rings (SSSR count). The van der Waals surface area contributed by atoms with Crippen LogP contribution in [0.3, 0.4) is 0 Å². The van der Waals surface area contributed by atoms with Crippen LogP contribution in [-0.4, -0.2) is 14.7 Å². The number of benzene rings is 1. The zero-order valence-electron chi connectivity index (χ0n) is 12.8. The number of aromatic nitrogens is 2. The molecule has 1 aromatic heterocycles. The quantitative estimate of drug-likeness (QED) is 0.696. The first-order valence-electron chi connectivity index (χ1n) is 7.61. The maximum atomic E-state index is 10.8. The summed E-state index contributed by atoms with van der Waals surface area (Å²) in [5.41, 5.74) is 10.6. The van der Waals surface area contributed by atoms with Crippen LogP contribution in [0.5, 0.6) is 0 Å². The van der Waals surface area contributed by atoms with E-state index in [1.807, 2.05) is 4.68 Å². The number of non-ortho nitro benzene ring substituents is 1. The number of fused-ring (bicyclic) bond motifs is 1. The minimum absolute atomic E-state index is 0.0351. The molecular weight excluding hydrogens is 280 g/mol. The van der Waals surface area contributed by atoms with Crippen LogP contribution in [0.25, 0.3) is 5.69 Å². The molecule has 0 spiro atoms.